The number of aliphatic hydroxyl groups is 3. The Balaban J connectivity index is 2.11. The molecule has 1 saturated carbocycles. The molecule has 1 aliphatic rings. The predicted molar refractivity (Wildman–Crippen MR) is 66.4 cm³/mol. The fourth-order valence-electron chi connectivity index (χ4n) is 2.41. The first kappa shape index (κ1) is 12.5. The lowest BCUT2D eigenvalue weighted by Crippen LogP contribution is -2.31. The fourth-order valence-corrected chi connectivity index (χ4v) is 2.58. The summed E-state index contributed by atoms with van der Waals surface area (Å²) in [5.41, 5.74) is 6.42. The molecule has 8 nitrogen and oxygen atoms in total. The molecule has 0 aliphatic heterocycles. The van der Waals surface area contributed by atoms with Crippen molar-refractivity contribution >= 4 is 28.6 Å². The number of nitrogen functional groups attached to an aromatic ring is 1. The highest BCUT2D eigenvalue weighted by Gasteiger charge is 2.42. The number of fused-ring (bicyclic) bond motifs is 1. The minimum atomic E-state index is -1.20. The normalized spacial score (nSPS) is 31.2. The van der Waals surface area contributed by atoms with Crippen molar-refractivity contribution in [2.75, 3.05) is 5.73 Å². The molecule has 1 fully saturated rings. The molecule has 0 saturated heterocycles. The highest BCUT2D eigenvalue weighted by Crippen LogP contribution is 2.33. The lowest BCUT2D eigenvalue weighted by atomic mass is 10.2. The highest BCUT2D eigenvalue weighted by atomic mass is 35.5. The van der Waals surface area contributed by atoms with Crippen LogP contribution in [0, 0.1) is 0 Å². The molecule has 9 heteroatoms. The van der Waals surface area contributed by atoms with Crippen LogP contribution in [0.5, 0.6) is 0 Å². The van der Waals surface area contributed by atoms with E-state index in [2.05, 4.69) is 15.0 Å². The molecule has 0 spiro atoms. The molecular formula is C10H12ClN5O3. The zero-order valence-electron chi connectivity index (χ0n) is 9.68. The van der Waals surface area contributed by atoms with E-state index in [-0.39, 0.29) is 17.5 Å². The highest BCUT2D eigenvalue weighted by molar-refractivity contribution is 6.28. The van der Waals surface area contributed by atoms with Crippen LogP contribution in [0.1, 0.15) is 12.5 Å². The molecule has 0 radical (unpaired) electrons. The molecule has 5 N–H and O–H groups in total. The molecular weight excluding hydrogens is 274 g/mol. The summed E-state index contributed by atoms with van der Waals surface area (Å²) in [6.45, 7) is 0. The van der Waals surface area contributed by atoms with Crippen LogP contribution >= 0.6 is 11.6 Å². The van der Waals surface area contributed by atoms with Gasteiger partial charge in [-0.2, -0.15) is 9.97 Å². The van der Waals surface area contributed by atoms with Crippen LogP contribution in [0.25, 0.3) is 11.2 Å². The van der Waals surface area contributed by atoms with Gasteiger partial charge in [-0.05, 0) is 18.0 Å². The van der Waals surface area contributed by atoms with Gasteiger partial charge in [-0.15, -0.1) is 0 Å². The summed E-state index contributed by atoms with van der Waals surface area (Å²) in [4.78, 5) is 11.9. The van der Waals surface area contributed by atoms with Crippen molar-refractivity contribution in [3.63, 3.8) is 0 Å². The molecule has 0 bridgehead atoms. The van der Waals surface area contributed by atoms with Crippen molar-refractivity contribution in [1.82, 2.24) is 19.5 Å². The maximum atomic E-state index is 9.93. The van der Waals surface area contributed by atoms with Crippen LogP contribution in [0.2, 0.25) is 5.28 Å². The number of aromatic nitrogens is 4. The first-order valence-electron chi connectivity index (χ1n) is 5.68. The molecule has 102 valence electrons. The lowest BCUT2D eigenvalue weighted by molar-refractivity contribution is -0.0244. The van der Waals surface area contributed by atoms with Crippen LogP contribution in [0.4, 0.5) is 5.82 Å². The van der Waals surface area contributed by atoms with Crippen molar-refractivity contribution in [1.29, 1.82) is 0 Å². The van der Waals surface area contributed by atoms with Gasteiger partial charge in [0, 0.05) is 0 Å². The summed E-state index contributed by atoms with van der Waals surface area (Å²) in [7, 11) is 0. The van der Waals surface area contributed by atoms with Crippen LogP contribution in [-0.2, 0) is 0 Å². The third-order valence-corrected chi connectivity index (χ3v) is 3.57. The summed E-state index contributed by atoms with van der Waals surface area (Å²) in [6.07, 6.45) is -1.67. The Kier molecular flexibility index (Phi) is 2.82. The predicted octanol–water partition coefficient (Wildman–Crippen LogP) is -0.911. The van der Waals surface area contributed by atoms with Crippen molar-refractivity contribution < 1.29 is 15.3 Å². The fraction of sp³-hybridized carbons (Fsp3) is 0.500. The minimum absolute atomic E-state index is 0.0275. The van der Waals surface area contributed by atoms with Crippen LogP contribution in [-0.4, -0.2) is 53.2 Å². The van der Waals surface area contributed by atoms with Gasteiger partial charge in [0.2, 0.25) is 5.28 Å². The molecule has 2 aromatic heterocycles. The number of rotatable bonds is 1. The van der Waals surface area contributed by atoms with E-state index in [1.807, 2.05) is 0 Å². The molecule has 1 aliphatic carbocycles. The average Bonchev–Trinajstić information content (AvgIpc) is 2.86. The standard InChI is InChI=1S/C10H12ClN5O3/c11-10-14-8(12)5-9(15-10)16(2-13-5)3-1-4(17)7(19)6(3)18/h2-4,6-7,17-19H,1H2,(H2,12,14,15)/t3-,4+,6+,7-/m1/s1. The smallest absolute Gasteiger partial charge is 0.226 e. The van der Waals surface area contributed by atoms with Crippen LogP contribution in [0.15, 0.2) is 6.33 Å². The maximum Gasteiger partial charge on any atom is 0.226 e. The molecule has 19 heavy (non-hydrogen) atoms. The molecule has 4 atom stereocenters. The van der Waals surface area contributed by atoms with Gasteiger partial charge < -0.3 is 25.6 Å². The molecule has 2 aromatic rings. The Morgan fingerprint density at radius 2 is 2.00 bits per heavy atom. The monoisotopic (exact) mass is 285 g/mol. The van der Waals surface area contributed by atoms with Crippen LogP contribution in [0.3, 0.4) is 0 Å². The molecule has 0 unspecified atom stereocenters. The second kappa shape index (κ2) is 4.27. The summed E-state index contributed by atoms with van der Waals surface area (Å²) < 4.78 is 1.54. The van der Waals surface area contributed by atoms with Gasteiger partial charge >= 0.3 is 0 Å². The van der Waals surface area contributed by atoms with E-state index in [0.29, 0.717) is 11.2 Å². The van der Waals surface area contributed by atoms with Crippen molar-refractivity contribution in [2.45, 2.75) is 30.8 Å². The molecule has 0 aromatic carbocycles. The van der Waals surface area contributed by atoms with Crippen molar-refractivity contribution in [2.24, 2.45) is 0 Å². The Labute approximate surface area is 112 Å². The zero-order valence-corrected chi connectivity index (χ0v) is 10.4. The molecule has 2 heterocycles. The second-order valence-electron chi connectivity index (χ2n) is 4.55. The summed E-state index contributed by atoms with van der Waals surface area (Å²) in [6, 6.07) is -0.541. The number of hydrogen-bond donors (Lipinski definition) is 4. The molecule has 3 rings (SSSR count). The maximum absolute atomic E-state index is 9.93. The number of nitrogens with zero attached hydrogens (tertiary/aromatic N) is 4. The quantitative estimate of drug-likeness (QED) is 0.499. The van der Waals surface area contributed by atoms with E-state index in [4.69, 9.17) is 17.3 Å². The topological polar surface area (TPSA) is 130 Å². The third kappa shape index (κ3) is 1.84. The number of nitrogens with two attached hydrogens (primary N) is 1. The Morgan fingerprint density at radius 1 is 1.26 bits per heavy atom. The number of aliphatic hydroxyl groups excluding tert-OH is 3. The summed E-state index contributed by atoms with van der Waals surface area (Å²) >= 11 is 5.75. The first-order valence-corrected chi connectivity index (χ1v) is 6.06. The van der Waals surface area contributed by atoms with E-state index >= 15 is 0 Å². The van der Waals surface area contributed by atoms with E-state index in [9.17, 15) is 15.3 Å². The van der Waals surface area contributed by atoms with E-state index in [1.165, 1.54) is 6.33 Å². The number of imidazole rings is 1. The van der Waals surface area contributed by atoms with Crippen molar-refractivity contribution in [3.8, 4) is 0 Å². The largest absolute Gasteiger partial charge is 0.390 e. The lowest BCUT2D eigenvalue weighted by Gasteiger charge is -2.17. The number of hydrogen-bond acceptors (Lipinski definition) is 7. The Bertz CT molecular complexity index is 633. The van der Waals surface area contributed by atoms with Crippen molar-refractivity contribution in [3.05, 3.63) is 11.6 Å². The van der Waals surface area contributed by atoms with Gasteiger partial charge in [-0.1, -0.05) is 0 Å². The molecule has 0 amide bonds. The summed E-state index contributed by atoms with van der Waals surface area (Å²) in [5, 5.41) is 29.1. The SMILES string of the molecule is Nc1nc(Cl)nc2c1ncn2[C@@H]1C[C@H](O)[C@@H](O)[C@H]1O. The third-order valence-electron chi connectivity index (χ3n) is 3.40. The van der Waals surface area contributed by atoms with E-state index in [1.54, 1.807) is 4.57 Å². The van der Waals surface area contributed by atoms with Gasteiger partial charge in [0.25, 0.3) is 0 Å². The van der Waals surface area contributed by atoms with E-state index in [0.717, 1.165) is 0 Å². The van der Waals surface area contributed by atoms with Gasteiger partial charge in [-0.3, -0.25) is 0 Å². The van der Waals surface area contributed by atoms with Gasteiger partial charge in [0.1, 0.15) is 17.7 Å². The minimum Gasteiger partial charge on any atom is -0.390 e. The van der Waals surface area contributed by atoms with Gasteiger partial charge in [0.05, 0.1) is 18.5 Å². The van der Waals surface area contributed by atoms with Gasteiger partial charge in [-0.25, -0.2) is 4.98 Å². The summed E-state index contributed by atoms with van der Waals surface area (Å²) in [5.74, 6) is 0.141. The first-order chi connectivity index (χ1) is 8.99. The average molecular weight is 286 g/mol. The second-order valence-corrected chi connectivity index (χ2v) is 4.89. The zero-order chi connectivity index (χ0) is 13.7. The number of anilines is 1. The van der Waals surface area contributed by atoms with Gasteiger partial charge in [0.15, 0.2) is 11.5 Å². The Morgan fingerprint density at radius 3 is 2.63 bits per heavy atom. The number of halogens is 1. The van der Waals surface area contributed by atoms with Crippen LogP contribution < -0.4 is 5.73 Å². The Hall–Kier alpha value is -1.48. The van der Waals surface area contributed by atoms with E-state index < -0.39 is 24.4 Å².